The Balaban J connectivity index is 1.85. The van der Waals surface area contributed by atoms with E-state index in [2.05, 4.69) is 10.3 Å². The van der Waals surface area contributed by atoms with Crippen LogP contribution in [0.2, 0.25) is 10.0 Å². The van der Waals surface area contributed by atoms with Crippen molar-refractivity contribution in [2.45, 2.75) is 32.9 Å². The van der Waals surface area contributed by atoms with E-state index in [4.69, 9.17) is 23.2 Å². The van der Waals surface area contributed by atoms with E-state index in [1.54, 1.807) is 22.7 Å². The molecular weight excluding hydrogens is 357 g/mol. The minimum absolute atomic E-state index is 0.0853. The predicted octanol–water partition coefficient (Wildman–Crippen LogP) is 4.33. The van der Waals surface area contributed by atoms with Crippen molar-refractivity contribution in [2.75, 3.05) is 0 Å². The molecular formula is C19H19Cl2N3O. The Labute approximate surface area is 156 Å². The van der Waals surface area contributed by atoms with Crippen LogP contribution in [0.1, 0.15) is 30.7 Å². The molecule has 25 heavy (non-hydrogen) atoms. The molecule has 0 saturated heterocycles. The standard InChI is InChI=1S/C19H19Cl2N3O/c1-12-4-7-17-23-14(9-18(25)24(17)11-12)10-22-19(2,3)13-5-6-15(20)16(21)8-13/h4-9,11,22H,10H2,1-3H3. The summed E-state index contributed by atoms with van der Waals surface area (Å²) in [6, 6.07) is 10.9. The zero-order chi connectivity index (χ0) is 18.2. The van der Waals surface area contributed by atoms with Crippen molar-refractivity contribution >= 4 is 28.8 Å². The normalized spacial score (nSPS) is 11.9. The van der Waals surface area contributed by atoms with E-state index < -0.39 is 0 Å². The summed E-state index contributed by atoms with van der Waals surface area (Å²) in [7, 11) is 0. The smallest absolute Gasteiger partial charge is 0.258 e. The van der Waals surface area contributed by atoms with Gasteiger partial charge in [0.05, 0.1) is 15.7 Å². The van der Waals surface area contributed by atoms with Crippen molar-refractivity contribution in [1.29, 1.82) is 0 Å². The highest BCUT2D eigenvalue weighted by atomic mass is 35.5. The molecule has 3 rings (SSSR count). The summed E-state index contributed by atoms with van der Waals surface area (Å²) >= 11 is 12.1. The number of pyridine rings is 1. The molecule has 3 aromatic rings. The van der Waals surface area contributed by atoms with E-state index >= 15 is 0 Å². The van der Waals surface area contributed by atoms with E-state index in [0.29, 0.717) is 27.9 Å². The van der Waals surface area contributed by atoms with Crippen LogP contribution in [0.4, 0.5) is 0 Å². The largest absolute Gasteiger partial charge is 0.302 e. The molecule has 0 amide bonds. The van der Waals surface area contributed by atoms with Gasteiger partial charge in [0.15, 0.2) is 0 Å². The van der Waals surface area contributed by atoms with Gasteiger partial charge in [-0.25, -0.2) is 4.98 Å². The van der Waals surface area contributed by atoms with Gasteiger partial charge in [-0.15, -0.1) is 0 Å². The molecule has 6 heteroatoms. The van der Waals surface area contributed by atoms with Gasteiger partial charge >= 0.3 is 0 Å². The van der Waals surface area contributed by atoms with Gasteiger partial charge in [-0.1, -0.05) is 35.3 Å². The highest BCUT2D eigenvalue weighted by molar-refractivity contribution is 6.42. The Morgan fingerprint density at radius 1 is 1.12 bits per heavy atom. The van der Waals surface area contributed by atoms with Gasteiger partial charge in [-0.05, 0) is 50.1 Å². The molecule has 0 aliphatic rings. The Morgan fingerprint density at radius 2 is 1.88 bits per heavy atom. The number of hydrogen-bond donors (Lipinski definition) is 1. The molecule has 0 radical (unpaired) electrons. The van der Waals surface area contributed by atoms with Gasteiger partial charge in [0.1, 0.15) is 5.65 Å². The number of aryl methyl sites for hydroxylation is 1. The molecule has 2 heterocycles. The molecule has 0 spiro atoms. The zero-order valence-corrected chi connectivity index (χ0v) is 15.8. The highest BCUT2D eigenvalue weighted by Crippen LogP contribution is 2.28. The summed E-state index contributed by atoms with van der Waals surface area (Å²) in [6.45, 7) is 6.50. The maximum Gasteiger partial charge on any atom is 0.258 e. The van der Waals surface area contributed by atoms with Crippen LogP contribution >= 0.6 is 23.2 Å². The Bertz CT molecular complexity index is 996. The van der Waals surface area contributed by atoms with Gasteiger partial charge in [0.25, 0.3) is 5.56 Å². The molecule has 0 unspecified atom stereocenters. The van der Waals surface area contributed by atoms with Gasteiger partial charge in [-0.3, -0.25) is 9.20 Å². The second-order valence-corrected chi connectivity index (χ2v) is 7.44. The lowest BCUT2D eigenvalue weighted by atomic mass is 9.94. The average Bonchev–Trinajstić information content (AvgIpc) is 2.56. The number of nitrogens with one attached hydrogen (secondary N) is 1. The van der Waals surface area contributed by atoms with E-state index in [1.165, 1.54) is 0 Å². The van der Waals surface area contributed by atoms with Crippen LogP contribution in [0.5, 0.6) is 0 Å². The fraction of sp³-hybridized carbons (Fsp3) is 0.263. The number of fused-ring (bicyclic) bond motifs is 1. The summed E-state index contributed by atoms with van der Waals surface area (Å²) in [5, 5.41) is 4.48. The first-order chi connectivity index (χ1) is 11.8. The van der Waals surface area contributed by atoms with Crippen molar-refractivity contribution in [3.05, 3.63) is 79.8 Å². The summed E-state index contributed by atoms with van der Waals surface area (Å²) in [5.41, 5.74) is 2.93. The third-order valence-corrected chi connectivity index (χ3v) is 4.95. The summed E-state index contributed by atoms with van der Waals surface area (Å²) in [6.07, 6.45) is 1.79. The molecule has 0 aliphatic heterocycles. The molecule has 2 aromatic heterocycles. The van der Waals surface area contributed by atoms with Crippen molar-refractivity contribution in [1.82, 2.24) is 14.7 Å². The first kappa shape index (κ1) is 17.9. The minimum atomic E-state index is -0.353. The second-order valence-electron chi connectivity index (χ2n) is 6.63. The van der Waals surface area contributed by atoms with Crippen LogP contribution in [0.15, 0.2) is 47.4 Å². The maximum atomic E-state index is 12.3. The molecule has 0 fully saturated rings. The lowest BCUT2D eigenvalue weighted by molar-refractivity contribution is 0.398. The van der Waals surface area contributed by atoms with E-state index in [1.807, 2.05) is 45.0 Å². The first-order valence-electron chi connectivity index (χ1n) is 7.96. The number of rotatable bonds is 4. The Hall–Kier alpha value is -1.88. The first-order valence-corrected chi connectivity index (χ1v) is 8.71. The zero-order valence-electron chi connectivity index (χ0n) is 14.3. The van der Waals surface area contributed by atoms with Gasteiger partial charge in [-0.2, -0.15) is 0 Å². The topological polar surface area (TPSA) is 46.4 Å². The van der Waals surface area contributed by atoms with Crippen LogP contribution in [-0.4, -0.2) is 9.38 Å². The van der Waals surface area contributed by atoms with Crippen LogP contribution in [0.3, 0.4) is 0 Å². The predicted molar refractivity (Wildman–Crippen MR) is 103 cm³/mol. The monoisotopic (exact) mass is 375 g/mol. The van der Waals surface area contributed by atoms with Crippen molar-refractivity contribution in [3.8, 4) is 0 Å². The maximum absolute atomic E-state index is 12.3. The Kier molecular flexibility index (Phi) is 4.87. The van der Waals surface area contributed by atoms with Crippen LogP contribution in [0.25, 0.3) is 5.65 Å². The number of aromatic nitrogens is 2. The molecule has 1 aromatic carbocycles. The van der Waals surface area contributed by atoms with Crippen LogP contribution in [0, 0.1) is 6.92 Å². The summed E-state index contributed by atoms with van der Waals surface area (Å²) in [4.78, 5) is 16.9. The molecule has 0 bridgehead atoms. The van der Waals surface area contributed by atoms with Gasteiger partial charge in [0.2, 0.25) is 0 Å². The number of nitrogens with zero attached hydrogens (tertiary/aromatic N) is 2. The number of benzene rings is 1. The highest BCUT2D eigenvalue weighted by Gasteiger charge is 2.21. The SMILES string of the molecule is Cc1ccc2nc(CNC(C)(C)c3ccc(Cl)c(Cl)c3)cc(=O)n2c1. The molecule has 0 aliphatic carbocycles. The van der Waals surface area contributed by atoms with E-state index in [9.17, 15) is 4.79 Å². The average molecular weight is 376 g/mol. The molecule has 0 saturated carbocycles. The number of hydrogen-bond acceptors (Lipinski definition) is 3. The van der Waals surface area contributed by atoms with Crippen molar-refractivity contribution in [2.24, 2.45) is 0 Å². The summed E-state index contributed by atoms with van der Waals surface area (Å²) < 4.78 is 1.56. The third kappa shape index (κ3) is 3.87. The molecule has 1 N–H and O–H groups in total. The summed E-state index contributed by atoms with van der Waals surface area (Å²) in [5.74, 6) is 0. The van der Waals surface area contributed by atoms with Gasteiger partial charge in [0, 0.05) is 24.3 Å². The van der Waals surface area contributed by atoms with Crippen LogP contribution < -0.4 is 10.9 Å². The van der Waals surface area contributed by atoms with Gasteiger partial charge < -0.3 is 5.32 Å². The quantitative estimate of drug-likeness (QED) is 0.737. The number of halogens is 2. The Morgan fingerprint density at radius 3 is 2.60 bits per heavy atom. The third-order valence-electron chi connectivity index (χ3n) is 4.21. The van der Waals surface area contributed by atoms with Crippen molar-refractivity contribution < 1.29 is 0 Å². The lowest BCUT2D eigenvalue weighted by Crippen LogP contribution is -2.36. The van der Waals surface area contributed by atoms with Crippen LogP contribution in [-0.2, 0) is 12.1 Å². The lowest BCUT2D eigenvalue weighted by Gasteiger charge is -2.27. The van der Waals surface area contributed by atoms with E-state index in [0.717, 1.165) is 11.1 Å². The second kappa shape index (κ2) is 6.79. The van der Waals surface area contributed by atoms with E-state index in [-0.39, 0.29) is 11.1 Å². The molecule has 0 atom stereocenters. The minimum Gasteiger partial charge on any atom is -0.302 e. The fourth-order valence-corrected chi connectivity index (χ4v) is 2.95. The fourth-order valence-electron chi connectivity index (χ4n) is 2.65. The molecule has 130 valence electrons. The van der Waals surface area contributed by atoms with Crippen molar-refractivity contribution in [3.63, 3.8) is 0 Å². The molecule has 4 nitrogen and oxygen atoms in total.